The molecule has 0 saturated heterocycles. The monoisotopic (exact) mass is 634 g/mol. The molecule has 4 aromatic carbocycles. The molecule has 0 aliphatic rings. The first-order valence-electron chi connectivity index (χ1n) is 15.7. The molecule has 0 spiro atoms. The van der Waals surface area contributed by atoms with Gasteiger partial charge >= 0.3 is 0 Å². The summed E-state index contributed by atoms with van der Waals surface area (Å²) < 4.78 is 54.5. The van der Waals surface area contributed by atoms with Crippen LogP contribution in [0.1, 0.15) is 25.7 Å². The Hall–Kier alpha value is -4.22. The highest BCUT2D eigenvalue weighted by molar-refractivity contribution is 5.79. The third-order valence-corrected chi connectivity index (χ3v) is 7.12. The molecule has 4 aromatic rings. The molecule has 246 valence electrons. The van der Waals surface area contributed by atoms with Gasteiger partial charge in [0, 0.05) is 23.3 Å². The Kier molecular flexibility index (Phi) is 13.6. The zero-order valence-electron chi connectivity index (χ0n) is 26.1. The first-order chi connectivity index (χ1) is 22.4. The van der Waals surface area contributed by atoms with Gasteiger partial charge in [-0.2, -0.15) is 0 Å². The molecule has 0 saturated carbocycles. The van der Waals surface area contributed by atoms with Crippen molar-refractivity contribution in [1.29, 1.82) is 0 Å². The topological polar surface area (TPSA) is 141 Å². The van der Waals surface area contributed by atoms with E-state index >= 15 is 8.78 Å². The van der Waals surface area contributed by atoms with Crippen LogP contribution in [0.25, 0.3) is 33.4 Å². The first kappa shape index (κ1) is 34.6. The number of halogens is 2. The smallest absolute Gasteiger partial charge is 0.131 e. The third kappa shape index (κ3) is 9.89. The molecule has 4 rings (SSSR count). The van der Waals surface area contributed by atoms with E-state index in [0.29, 0.717) is 112 Å². The predicted octanol–water partition coefficient (Wildman–Crippen LogP) is 5.88. The van der Waals surface area contributed by atoms with Crippen molar-refractivity contribution in [2.24, 2.45) is 22.9 Å². The molecule has 0 fully saturated rings. The van der Waals surface area contributed by atoms with Gasteiger partial charge in [-0.05, 0) is 123 Å². The van der Waals surface area contributed by atoms with Gasteiger partial charge in [-0.1, -0.05) is 12.1 Å². The van der Waals surface area contributed by atoms with Gasteiger partial charge in [-0.15, -0.1) is 0 Å². The van der Waals surface area contributed by atoms with E-state index in [1.165, 1.54) is 12.1 Å². The largest absolute Gasteiger partial charge is 0.493 e. The Balaban J connectivity index is 1.72. The minimum Gasteiger partial charge on any atom is -0.493 e. The van der Waals surface area contributed by atoms with E-state index in [-0.39, 0.29) is 11.1 Å². The summed E-state index contributed by atoms with van der Waals surface area (Å²) in [5.41, 5.74) is 25.5. The van der Waals surface area contributed by atoms with Crippen molar-refractivity contribution >= 4 is 0 Å². The highest BCUT2D eigenvalue weighted by Gasteiger charge is 2.16. The highest BCUT2D eigenvalue weighted by atomic mass is 19.1. The summed E-state index contributed by atoms with van der Waals surface area (Å²) in [4.78, 5) is 0. The van der Waals surface area contributed by atoms with Gasteiger partial charge in [0.15, 0.2) is 0 Å². The predicted molar refractivity (Wildman–Crippen MR) is 179 cm³/mol. The fourth-order valence-corrected chi connectivity index (χ4v) is 4.73. The fraction of sp³-hybridized carbons (Fsp3) is 0.333. The minimum atomic E-state index is -0.556. The van der Waals surface area contributed by atoms with Gasteiger partial charge in [0.25, 0.3) is 0 Å². The minimum absolute atomic E-state index is 0.117. The van der Waals surface area contributed by atoms with E-state index in [4.69, 9.17) is 41.9 Å². The maximum atomic E-state index is 15.4. The van der Waals surface area contributed by atoms with E-state index < -0.39 is 11.6 Å². The zero-order valence-corrected chi connectivity index (χ0v) is 26.1. The van der Waals surface area contributed by atoms with Crippen LogP contribution in [-0.4, -0.2) is 52.6 Å². The summed E-state index contributed by atoms with van der Waals surface area (Å²) in [5.74, 6) is 1.24. The number of rotatable bonds is 19. The molecule has 0 radical (unpaired) electrons. The van der Waals surface area contributed by atoms with Crippen LogP contribution < -0.4 is 41.9 Å². The van der Waals surface area contributed by atoms with Crippen LogP contribution in [-0.2, 0) is 0 Å². The Morgan fingerprint density at radius 1 is 0.391 bits per heavy atom. The lowest BCUT2D eigenvalue weighted by atomic mass is 9.95. The maximum Gasteiger partial charge on any atom is 0.131 e. The Morgan fingerprint density at radius 3 is 0.978 bits per heavy atom. The van der Waals surface area contributed by atoms with Crippen LogP contribution >= 0.6 is 0 Å². The molecule has 0 amide bonds. The lowest BCUT2D eigenvalue weighted by molar-refractivity contribution is 0.298. The molecule has 10 heteroatoms. The molecular formula is C36H44F2N4O4. The number of hydrogen-bond donors (Lipinski definition) is 4. The second-order valence-electron chi connectivity index (χ2n) is 10.7. The average molecular weight is 635 g/mol. The van der Waals surface area contributed by atoms with Crippen molar-refractivity contribution in [1.82, 2.24) is 0 Å². The van der Waals surface area contributed by atoms with Crippen molar-refractivity contribution in [3.05, 3.63) is 84.4 Å². The molecule has 8 N–H and O–H groups in total. The van der Waals surface area contributed by atoms with Crippen LogP contribution in [0.3, 0.4) is 0 Å². The SMILES string of the molecule is NCCCOc1cc(OCCCN)cc(-c2ccc(F)c(-c3cc(-c4cc(OCCCN)cc(OCCCN)c4)ccc3F)c2)c1. The van der Waals surface area contributed by atoms with Crippen LogP contribution in [0.2, 0.25) is 0 Å². The number of hydrogen-bond acceptors (Lipinski definition) is 8. The first-order valence-corrected chi connectivity index (χ1v) is 15.7. The summed E-state index contributed by atoms with van der Waals surface area (Å²) in [6.07, 6.45) is 2.75. The molecular weight excluding hydrogens is 590 g/mol. The van der Waals surface area contributed by atoms with Crippen LogP contribution in [0.5, 0.6) is 23.0 Å². The summed E-state index contributed by atoms with van der Waals surface area (Å²) in [5, 5.41) is 0. The normalized spacial score (nSPS) is 11.0. The lowest BCUT2D eigenvalue weighted by Crippen LogP contribution is -2.07. The van der Waals surface area contributed by atoms with E-state index in [9.17, 15) is 0 Å². The Labute approximate surface area is 269 Å². The fourth-order valence-electron chi connectivity index (χ4n) is 4.73. The summed E-state index contributed by atoms with van der Waals surface area (Å²) in [7, 11) is 0. The lowest BCUT2D eigenvalue weighted by Gasteiger charge is -2.15. The van der Waals surface area contributed by atoms with Gasteiger partial charge in [0.1, 0.15) is 34.6 Å². The molecule has 0 bridgehead atoms. The molecule has 8 nitrogen and oxygen atoms in total. The zero-order chi connectivity index (χ0) is 32.7. The standard InChI is InChI=1S/C36H44F2N4O4/c37-35-7-5-25(27-17-29(43-13-1-9-39)23-30(18-27)44-14-2-10-40)21-33(35)34-22-26(6-8-36(34)38)28-19-31(45-15-3-11-41)24-32(20-28)46-16-4-12-42/h5-8,17-24H,1-4,9-16,39-42H2. The highest BCUT2D eigenvalue weighted by Crippen LogP contribution is 2.37. The summed E-state index contributed by atoms with van der Waals surface area (Å²) in [6, 6.07) is 20.2. The molecule has 0 heterocycles. The van der Waals surface area contributed by atoms with Gasteiger partial charge in [-0.25, -0.2) is 8.78 Å². The molecule has 0 aliphatic heterocycles. The Bertz CT molecular complexity index is 1380. The van der Waals surface area contributed by atoms with Crippen LogP contribution in [0.15, 0.2) is 72.8 Å². The molecule has 0 aliphatic carbocycles. The molecule has 46 heavy (non-hydrogen) atoms. The van der Waals surface area contributed by atoms with Gasteiger partial charge in [0.2, 0.25) is 0 Å². The van der Waals surface area contributed by atoms with Crippen molar-refractivity contribution in [2.45, 2.75) is 25.7 Å². The number of nitrogens with two attached hydrogens (primary N) is 4. The molecule has 0 atom stereocenters. The van der Waals surface area contributed by atoms with Gasteiger partial charge < -0.3 is 41.9 Å². The molecule has 0 aromatic heterocycles. The quantitative estimate of drug-likeness (QED) is 0.0938. The van der Waals surface area contributed by atoms with E-state index in [2.05, 4.69) is 0 Å². The summed E-state index contributed by atoms with van der Waals surface area (Å²) in [6.45, 7) is 3.75. The third-order valence-electron chi connectivity index (χ3n) is 7.12. The molecule has 0 unspecified atom stereocenters. The van der Waals surface area contributed by atoms with E-state index in [1.807, 2.05) is 24.3 Å². The van der Waals surface area contributed by atoms with E-state index in [0.717, 1.165) is 11.1 Å². The maximum absolute atomic E-state index is 15.4. The number of ether oxygens (including phenoxy) is 4. The number of benzene rings is 4. The average Bonchev–Trinajstić information content (AvgIpc) is 3.06. The van der Waals surface area contributed by atoms with Gasteiger partial charge in [-0.3, -0.25) is 0 Å². The second kappa shape index (κ2) is 18.1. The van der Waals surface area contributed by atoms with Crippen molar-refractivity contribution in [2.75, 3.05) is 52.6 Å². The Morgan fingerprint density at radius 2 is 0.696 bits per heavy atom. The van der Waals surface area contributed by atoms with Crippen molar-refractivity contribution in [3.8, 4) is 56.4 Å². The van der Waals surface area contributed by atoms with E-state index in [1.54, 1.807) is 36.4 Å². The van der Waals surface area contributed by atoms with Crippen LogP contribution in [0, 0.1) is 11.6 Å². The second-order valence-corrected chi connectivity index (χ2v) is 10.7. The van der Waals surface area contributed by atoms with Crippen LogP contribution in [0.4, 0.5) is 8.78 Å². The van der Waals surface area contributed by atoms with Crippen molar-refractivity contribution in [3.63, 3.8) is 0 Å². The van der Waals surface area contributed by atoms with Gasteiger partial charge in [0.05, 0.1) is 26.4 Å². The van der Waals surface area contributed by atoms with Crippen molar-refractivity contribution < 1.29 is 27.7 Å². The summed E-state index contributed by atoms with van der Waals surface area (Å²) >= 11 is 0.